The Kier molecular flexibility index (Phi) is 3.93. The molecule has 1 aliphatic heterocycles. The standard InChI is InChI=1S/C15H14ClN5O/c1-22-12-3-2-10(9-4-6-18-7-5-9)19-14(12)11-8-13(16)21-15(17)20-11/h2-8,13H,1H3,(H3,17,20,21). The number of aliphatic imine (C=N–C) groups is 1. The molecule has 2 aromatic rings. The van der Waals surface area contributed by atoms with Gasteiger partial charge in [0.2, 0.25) is 0 Å². The molecule has 1 atom stereocenters. The Labute approximate surface area is 132 Å². The zero-order valence-corrected chi connectivity index (χ0v) is 12.6. The van der Waals surface area contributed by atoms with Crippen LogP contribution in [0.25, 0.3) is 17.0 Å². The number of nitrogens with one attached hydrogen (secondary N) is 1. The van der Waals surface area contributed by atoms with Gasteiger partial charge in [0.1, 0.15) is 16.9 Å². The van der Waals surface area contributed by atoms with Gasteiger partial charge in [-0.15, -0.1) is 0 Å². The van der Waals surface area contributed by atoms with E-state index in [4.69, 9.17) is 22.1 Å². The zero-order valence-electron chi connectivity index (χ0n) is 11.8. The molecule has 3 heterocycles. The molecular formula is C15H14ClN5O. The predicted octanol–water partition coefficient (Wildman–Crippen LogP) is 1.98. The Morgan fingerprint density at radius 1 is 1.23 bits per heavy atom. The molecule has 6 nitrogen and oxygen atoms in total. The van der Waals surface area contributed by atoms with Crippen molar-refractivity contribution in [1.82, 2.24) is 15.3 Å². The first-order chi connectivity index (χ1) is 10.7. The Morgan fingerprint density at radius 3 is 2.68 bits per heavy atom. The van der Waals surface area contributed by atoms with Crippen molar-refractivity contribution in [3.05, 3.63) is 48.4 Å². The van der Waals surface area contributed by atoms with E-state index in [1.165, 1.54) is 0 Å². The average molecular weight is 316 g/mol. The van der Waals surface area contributed by atoms with E-state index in [1.54, 1.807) is 25.6 Å². The Balaban J connectivity index is 2.10. The lowest BCUT2D eigenvalue weighted by atomic mass is 10.1. The normalized spacial score (nSPS) is 17.3. The summed E-state index contributed by atoms with van der Waals surface area (Å²) in [5.74, 6) is 0.849. The maximum absolute atomic E-state index is 6.08. The third-order valence-electron chi connectivity index (χ3n) is 3.13. The molecule has 0 fully saturated rings. The van der Waals surface area contributed by atoms with Crippen molar-refractivity contribution in [1.29, 1.82) is 0 Å². The van der Waals surface area contributed by atoms with Crippen LogP contribution < -0.4 is 15.8 Å². The van der Waals surface area contributed by atoms with Gasteiger partial charge in [0.05, 0.1) is 18.5 Å². The molecule has 0 aliphatic carbocycles. The second-order valence-corrected chi connectivity index (χ2v) is 5.05. The maximum Gasteiger partial charge on any atom is 0.195 e. The molecule has 112 valence electrons. The van der Waals surface area contributed by atoms with Crippen LogP contribution in [0.4, 0.5) is 0 Å². The molecule has 22 heavy (non-hydrogen) atoms. The largest absolute Gasteiger partial charge is 0.494 e. The number of nitrogens with zero attached hydrogens (tertiary/aromatic N) is 3. The summed E-state index contributed by atoms with van der Waals surface area (Å²) in [7, 11) is 1.58. The molecule has 0 saturated carbocycles. The van der Waals surface area contributed by atoms with E-state index in [-0.39, 0.29) is 5.96 Å². The van der Waals surface area contributed by atoms with Crippen LogP contribution in [0.5, 0.6) is 5.75 Å². The van der Waals surface area contributed by atoms with E-state index < -0.39 is 5.50 Å². The zero-order chi connectivity index (χ0) is 15.5. The number of halogens is 1. The smallest absolute Gasteiger partial charge is 0.195 e. The van der Waals surface area contributed by atoms with Gasteiger partial charge in [0.15, 0.2) is 5.96 Å². The first kappa shape index (κ1) is 14.3. The molecule has 2 aromatic heterocycles. The van der Waals surface area contributed by atoms with Gasteiger partial charge in [-0.3, -0.25) is 4.98 Å². The lowest BCUT2D eigenvalue weighted by Gasteiger charge is -2.17. The fourth-order valence-corrected chi connectivity index (χ4v) is 2.36. The molecule has 0 amide bonds. The number of hydrogen-bond acceptors (Lipinski definition) is 6. The van der Waals surface area contributed by atoms with E-state index >= 15 is 0 Å². The summed E-state index contributed by atoms with van der Waals surface area (Å²) in [6, 6.07) is 7.50. The first-order valence-corrected chi connectivity index (χ1v) is 7.03. The molecule has 0 bridgehead atoms. The minimum absolute atomic E-state index is 0.246. The highest BCUT2D eigenvalue weighted by Crippen LogP contribution is 2.30. The third kappa shape index (κ3) is 2.87. The number of ether oxygens (including phenoxy) is 1. The van der Waals surface area contributed by atoms with Gasteiger partial charge in [0.25, 0.3) is 0 Å². The summed E-state index contributed by atoms with van der Waals surface area (Å²) in [6.45, 7) is 0. The molecule has 0 radical (unpaired) electrons. The summed E-state index contributed by atoms with van der Waals surface area (Å²) < 4.78 is 5.37. The molecular weight excluding hydrogens is 302 g/mol. The number of alkyl halides is 1. The highest BCUT2D eigenvalue weighted by Gasteiger charge is 2.18. The summed E-state index contributed by atoms with van der Waals surface area (Å²) in [5.41, 5.74) is 8.19. The van der Waals surface area contributed by atoms with Crippen LogP contribution in [0.1, 0.15) is 5.69 Å². The fourth-order valence-electron chi connectivity index (χ4n) is 2.13. The van der Waals surface area contributed by atoms with Crippen LogP contribution >= 0.6 is 11.6 Å². The highest BCUT2D eigenvalue weighted by atomic mass is 35.5. The molecule has 0 spiro atoms. The summed E-state index contributed by atoms with van der Waals surface area (Å²) >= 11 is 6.08. The van der Waals surface area contributed by atoms with Gasteiger partial charge in [-0.25, -0.2) is 9.98 Å². The van der Waals surface area contributed by atoms with Crippen LogP contribution in [0.15, 0.2) is 47.7 Å². The van der Waals surface area contributed by atoms with E-state index in [9.17, 15) is 0 Å². The van der Waals surface area contributed by atoms with Crippen molar-refractivity contribution >= 4 is 23.3 Å². The molecule has 3 N–H and O–H groups in total. The van der Waals surface area contributed by atoms with Crippen LogP contribution in [0.3, 0.4) is 0 Å². The van der Waals surface area contributed by atoms with Crippen molar-refractivity contribution in [3.63, 3.8) is 0 Å². The number of guanidine groups is 1. The van der Waals surface area contributed by atoms with Crippen molar-refractivity contribution in [2.75, 3.05) is 7.11 Å². The van der Waals surface area contributed by atoms with Crippen molar-refractivity contribution in [2.45, 2.75) is 5.50 Å². The third-order valence-corrected chi connectivity index (χ3v) is 3.36. The highest BCUT2D eigenvalue weighted by molar-refractivity contribution is 6.23. The Morgan fingerprint density at radius 2 is 2.00 bits per heavy atom. The lowest BCUT2D eigenvalue weighted by Crippen LogP contribution is -2.38. The molecule has 0 aromatic carbocycles. The van der Waals surface area contributed by atoms with Gasteiger partial charge in [-0.1, -0.05) is 11.6 Å². The first-order valence-electron chi connectivity index (χ1n) is 6.60. The summed E-state index contributed by atoms with van der Waals surface area (Å²) in [4.78, 5) is 12.9. The number of methoxy groups -OCH3 is 1. The quantitative estimate of drug-likeness (QED) is 0.668. The lowest BCUT2D eigenvalue weighted by molar-refractivity contribution is 0.411. The van der Waals surface area contributed by atoms with Crippen molar-refractivity contribution in [2.24, 2.45) is 10.7 Å². The number of aromatic nitrogens is 2. The summed E-state index contributed by atoms with van der Waals surface area (Å²) in [6.07, 6.45) is 5.17. The van der Waals surface area contributed by atoms with Gasteiger partial charge in [0, 0.05) is 18.0 Å². The Hall–Kier alpha value is -2.60. The van der Waals surface area contributed by atoms with E-state index in [2.05, 4.69) is 20.3 Å². The SMILES string of the molecule is COc1ccc(-c2ccncc2)nc1C1=CC(Cl)NC(N)=N1. The number of pyridine rings is 2. The second kappa shape index (κ2) is 6.03. The monoisotopic (exact) mass is 315 g/mol. The van der Waals surface area contributed by atoms with Gasteiger partial charge < -0.3 is 15.8 Å². The molecule has 1 unspecified atom stereocenters. The molecule has 1 aliphatic rings. The second-order valence-electron chi connectivity index (χ2n) is 4.58. The topological polar surface area (TPSA) is 85.4 Å². The van der Waals surface area contributed by atoms with Gasteiger partial charge in [-0.2, -0.15) is 0 Å². The number of rotatable bonds is 3. The predicted molar refractivity (Wildman–Crippen MR) is 86.4 cm³/mol. The van der Waals surface area contributed by atoms with Crippen molar-refractivity contribution in [3.8, 4) is 17.0 Å². The fraction of sp³-hybridized carbons (Fsp3) is 0.133. The van der Waals surface area contributed by atoms with Crippen LogP contribution in [0.2, 0.25) is 0 Å². The van der Waals surface area contributed by atoms with Crippen molar-refractivity contribution < 1.29 is 4.74 Å². The van der Waals surface area contributed by atoms with E-state index in [0.29, 0.717) is 17.1 Å². The number of hydrogen-bond donors (Lipinski definition) is 2. The minimum Gasteiger partial charge on any atom is -0.494 e. The van der Waals surface area contributed by atoms with Crippen LogP contribution in [0, 0.1) is 0 Å². The van der Waals surface area contributed by atoms with E-state index in [0.717, 1.165) is 11.3 Å². The van der Waals surface area contributed by atoms with Crippen LogP contribution in [-0.4, -0.2) is 28.5 Å². The molecule has 7 heteroatoms. The van der Waals surface area contributed by atoms with Crippen LogP contribution in [-0.2, 0) is 0 Å². The average Bonchev–Trinajstić information content (AvgIpc) is 2.54. The van der Waals surface area contributed by atoms with Gasteiger partial charge in [-0.05, 0) is 30.3 Å². The molecule has 0 saturated heterocycles. The molecule has 3 rings (SSSR count). The van der Waals surface area contributed by atoms with E-state index in [1.807, 2.05) is 24.3 Å². The number of nitrogens with two attached hydrogens (primary N) is 1. The maximum atomic E-state index is 6.08. The van der Waals surface area contributed by atoms with Gasteiger partial charge >= 0.3 is 0 Å². The summed E-state index contributed by atoms with van der Waals surface area (Å²) in [5, 5.41) is 2.80. The Bertz CT molecular complexity index is 745. The minimum atomic E-state index is -0.441.